The average molecular weight is 418 g/mol. The number of morpholine rings is 1. The number of aromatic nitrogens is 3. The summed E-state index contributed by atoms with van der Waals surface area (Å²) >= 11 is 1.71. The van der Waals surface area contributed by atoms with Crippen LogP contribution in [0, 0.1) is 0 Å². The summed E-state index contributed by atoms with van der Waals surface area (Å²) in [6, 6.07) is 10.4. The smallest absolute Gasteiger partial charge is 0.147 e. The normalized spacial score (nSPS) is 16.3. The van der Waals surface area contributed by atoms with Crippen molar-refractivity contribution >= 4 is 43.4 Å². The Morgan fingerprint density at radius 3 is 2.73 bits per heavy atom. The van der Waals surface area contributed by atoms with E-state index in [1.807, 2.05) is 6.07 Å². The van der Waals surface area contributed by atoms with E-state index in [1.165, 1.54) is 28.5 Å². The molecule has 4 aromatic rings. The van der Waals surface area contributed by atoms with Gasteiger partial charge in [0.2, 0.25) is 0 Å². The molecule has 152 valence electrons. The molecule has 0 bridgehead atoms. The summed E-state index contributed by atoms with van der Waals surface area (Å²) < 4.78 is 6.66. The maximum absolute atomic E-state index is 5.56. The highest BCUT2D eigenvalue weighted by Crippen LogP contribution is 2.43. The van der Waals surface area contributed by atoms with Crippen LogP contribution in [0.2, 0.25) is 0 Å². The Balaban J connectivity index is 1.46. The number of hydrogen-bond donors (Lipinski definition) is 1. The summed E-state index contributed by atoms with van der Waals surface area (Å²) in [7, 11) is 0. The van der Waals surface area contributed by atoms with Crippen molar-refractivity contribution < 1.29 is 4.74 Å². The molecule has 0 unspecified atom stereocenters. The zero-order valence-electron chi connectivity index (χ0n) is 16.7. The van der Waals surface area contributed by atoms with Crippen LogP contribution in [0.15, 0.2) is 36.7 Å². The first-order chi connectivity index (χ1) is 14.9. The summed E-state index contributed by atoms with van der Waals surface area (Å²) in [5.74, 6) is 2.06. The topological polar surface area (TPSA) is 63.2 Å². The lowest BCUT2D eigenvalue weighted by molar-refractivity contribution is 0.122. The highest BCUT2D eigenvalue weighted by molar-refractivity contribution is 7.26. The molecule has 4 heterocycles. The predicted molar refractivity (Wildman–Crippen MR) is 122 cm³/mol. The van der Waals surface area contributed by atoms with Crippen LogP contribution in [0.3, 0.4) is 0 Å². The number of fused-ring (bicyclic) bond motifs is 5. The first-order valence-corrected chi connectivity index (χ1v) is 11.4. The Labute approximate surface area is 178 Å². The molecule has 3 aromatic heterocycles. The number of anilines is 2. The van der Waals surface area contributed by atoms with Crippen LogP contribution < -0.4 is 10.2 Å². The first kappa shape index (κ1) is 18.0. The number of aryl methyl sites for hydroxylation is 1. The Bertz CT molecular complexity index is 1220. The van der Waals surface area contributed by atoms with E-state index in [9.17, 15) is 0 Å². The van der Waals surface area contributed by atoms with Gasteiger partial charge >= 0.3 is 0 Å². The molecular weight excluding hydrogens is 394 g/mol. The zero-order chi connectivity index (χ0) is 19.9. The van der Waals surface area contributed by atoms with Gasteiger partial charge in [0.1, 0.15) is 22.8 Å². The predicted octanol–water partition coefficient (Wildman–Crippen LogP) is 4.18. The Morgan fingerprint density at radius 2 is 1.87 bits per heavy atom. The highest BCUT2D eigenvalue weighted by Gasteiger charge is 2.27. The fourth-order valence-electron chi connectivity index (χ4n) is 4.62. The van der Waals surface area contributed by atoms with Crippen molar-refractivity contribution in [1.82, 2.24) is 15.0 Å². The molecule has 30 heavy (non-hydrogen) atoms. The van der Waals surface area contributed by atoms with Crippen LogP contribution in [-0.2, 0) is 24.1 Å². The van der Waals surface area contributed by atoms with Gasteiger partial charge in [-0.05, 0) is 36.0 Å². The Kier molecular flexibility index (Phi) is 4.50. The minimum Gasteiger partial charge on any atom is -0.378 e. The fraction of sp³-hybridized carbons (Fsp3) is 0.348. The number of pyridine rings is 1. The monoisotopic (exact) mass is 417 g/mol. The largest absolute Gasteiger partial charge is 0.378 e. The van der Waals surface area contributed by atoms with Gasteiger partial charge in [-0.3, -0.25) is 0 Å². The number of ether oxygens (including phenoxy) is 1. The molecular formula is C23H23N5OS. The molecule has 1 saturated heterocycles. The Morgan fingerprint density at radius 1 is 1.03 bits per heavy atom. The number of thiophene rings is 1. The molecule has 6 nitrogen and oxygen atoms in total. The van der Waals surface area contributed by atoms with Crippen molar-refractivity contribution in [2.75, 3.05) is 36.5 Å². The summed E-state index contributed by atoms with van der Waals surface area (Å²) in [5.41, 5.74) is 5.14. The minimum atomic E-state index is 0.742. The quantitative estimate of drug-likeness (QED) is 0.538. The van der Waals surface area contributed by atoms with Gasteiger partial charge in [-0.15, -0.1) is 11.3 Å². The van der Waals surface area contributed by atoms with Crippen molar-refractivity contribution in [3.8, 4) is 0 Å². The molecule has 1 N–H and O–H groups in total. The van der Waals surface area contributed by atoms with Crippen molar-refractivity contribution in [2.45, 2.75) is 25.8 Å². The van der Waals surface area contributed by atoms with Gasteiger partial charge in [-0.1, -0.05) is 30.3 Å². The van der Waals surface area contributed by atoms with Crippen LogP contribution in [0.25, 0.3) is 20.4 Å². The van der Waals surface area contributed by atoms with E-state index in [2.05, 4.69) is 39.5 Å². The molecule has 1 aromatic carbocycles. The van der Waals surface area contributed by atoms with Crippen molar-refractivity contribution in [1.29, 1.82) is 0 Å². The van der Waals surface area contributed by atoms with Gasteiger partial charge in [-0.25, -0.2) is 15.0 Å². The first-order valence-electron chi connectivity index (χ1n) is 10.6. The van der Waals surface area contributed by atoms with Crippen molar-refractivity contribution in [3.63, 3.8) is 0 Å². The molecule has 1 fully saturated rings. The summed E-state index contributed by atoms with van der Waals surface area (Å²) in [5, 5.41) is 4.76. The SMILES string of the molecule is c1ccc(CNc2ncnc3c2sc2nc(N4CCOCC4)c4c(c23)CCC4)cc1. The van der Waals surface area contributed by atoms with Gasteiger partial charge in [0.05, 0.1) is 23.4 Å². The molecule has 2 aliphatic rings. The molecule has 0 radical (unpaired) electrons. The molecule has 0 spiro atoms. The zero-order valence-corrected chi connectivity index (χ0v) is 17.5. The lowest BCUT2D eigenvalue weighted by atomic mass is 10.1. The fourth-order valence-corrected chi connectivity index (χ4v) is 5.74. The maximum Gasteiger partial charge on any atom is 0.147 e. The van der Waals surface area contributed by atoms with Crippen LogP contribution in [0.1, 0.15) is 23.1 Å². The second kappa shape index (κ2) is 7.49. The molecule has 0 saturated carbocycles. The number of rotatable bonds is 4. The standard InChI is InChI=1S/C23H23N5OS/c1-2-5-15(6-3-1)13-24-21-20-19(25-14-26-21)18-16-7-4-8-17(16)22(27-23(18)30-20)28-9-11-29-12-10-28/h1-3,5-6,14H,4,7-13H2,(H,24,25,26). The number of nitrogens with one attached hydrogen (secondary N) is 1. The lowest BCUT2D eigenvalue weighted by Crippen LogP contribution is -2.37. The summed E-state index contributed by atoms with van der Waals surface area (Å²) in [4.78, 5) is 17.9. The van der Waals surface area contributed by atoms with Gasteiger partial charge in [0, 0.05) is 25.0 Å². The second-order valence-electron chi connectivity index (χ2n) is 7.87. The summed E-state index contributed by atoms with van der Waals surface area (Å²) in [6.07, 6.45) is 5.08. The highest BCUT2D eigenvalue weighted by atomic mass is 32.1. The minimum absolute atomic E-state index is 0.742. The van der Waals surface area contributed by atoms with E-state index in [0.717, 1.165) is 72.4 Å². The van der Waals surface area contributed by atoms with Crippen LogP contribution in [-0.4, -0.2) is 41.3 Å². The molecule has 7 heteroatoms. The second-order valence-corrected chi connectivity index (χ2v) is 8.87. The molecule has 0 amide bonds. The third kappa shape index (κ3) is 3.00. The maximum atomic E-state index is 5.56. The average Bonchev–Trinajstić information content (AvgIpc) is 3.43. The van der Waals surface area contributed by atoms with Gasteiger partial charge in [-0.2, -0.15) is 0 Å². The third-order valence-electron chi connectivity index (χ3n) is 6.06. The molecule has 1 aliphatic heterocycles. The van der Waals surface area contributed by atoms with Crippen LogP contribution in [0.4, 0.5) is 11.6 Å². The van der Waals surface area contributed by atoms with Crippen molar-refractivity contribution in [3.05, 3.63) is 53.3 Å². The van der Waals surface area contributed by atoms with Gasteiger partial charge in [0.15, 0.2) is 0 Å². The number of benzene rings is 1. The molecule has 6 rings (SSSR count). The lowest BCUT2D eigenvalue weighted by Gasteiger charge is -2.29. The van der Waals surface area contributed by atoms with Crippen molar-refractivity contribution in [2.24, 2.45) is 0 Å². The van der Waals surface area contributed by atoms with E-state index in [4.69, 9.17) is 14.7 Å². The van der Waals surface area contributed by atoms with Gasteiger partial charge in [0.25, 0.3) is 0 Å². The van der Waals surface area contributed by atoms with E-state index < -0.39 is 0 Å². The van der Waals surface area contributed by atoms with E-state index in [0.29, 0.717) is 0 Å². The van der Waals surface area contributed by atoms with E-state index >= 15 is 0 Å². The van der Waals surface area contributed by atoms with E-state index in [1.54, 1.807) is 17.7 Å². The molecule has 1 aliphatic carbocycles. The van der Waals surface area contributed by atoms with Gasteiger partial charge < -0.3 is 15.0 Å². The van der Waals surface area contributed by atoms with Crippen LogP contribution in [0.5, 0.6) is 0 Å². The number of hydrogen-bond acceptors (Lipinski definition) is 7. The molecule has 0 atom stereocenters. The van der Waals surface area contributed by atoms with E-state index in [-0.39, 0.29) is 0 Å². The summed E-state index contributed by atoms with van der Waals surface area (Å²) in [6.45, 7) is 4.13. The Hall–Kier alpha value is -2.77. The van der Waals surface area contributed by atoms with Crippen LogP contribution >= 0.6 is 11.3 Å². The number of nitrogens with zero attached hydrogens (tertiary/aromatic N) is 4. The third-order valence-corrected chi connectivity index (χ3v) is 7.14.